The van der Waals surface area contributed by atoms with Gasteiger partial charge in [0.2, 0.25) is 11.3 Å². The van der Waals surface area contributed by atoms with Crippen LogP contribution >= 0.6 is 0 Å². The van der Waals surface area contributed by atoms with Crippen LogP contribution in [-0.4, -0.2) is 46.5 Å². The summed E-state index contributed by atoms with van der Waals surface area (Å²) in [4.78, 5) is 31.0. The van der Waals surface area contributed by atoms with Gasteiger partial charge in [-0.2, -0.15) is 4.98 Å². The lowest BCUT2D eigenvalue weighted by Gasteiger charge is -2.26. The number of aromatic nitrogens is 2. The van der Waals surface area contributed by atoms with E-state index < -0.39 is 23.0 Å². The van der Waals surface area contributed by atoms with E-state index in [0.29, 0.717) is 12.2 Å². The van der Waals surface area contributed by atoms with Gasteiger partial charge in [0.25, 0.3) is 0 Å². The fourth-order valence-corrected chi connectivity index (χ4v) is 3.64. The number of aliphatic hydroxyl groups excluding tert-OH is 1. The smallest absolute Gasteiger partial charge is 0.341 e. The zero-order valence-corrected chi connectivity index (χ0v) is 18.4. The monoisotopic (exact) mass is 443 g/mol. The first-order valence-electron chi connectivity index (χ1n) is 10.1. The van der Waals surface area contributed by atoms with Crippen LogP contribution in [-0.2, 0) is 6.54 Å². The van der Waals surface area contributed by atoms with Crippen LogP contribution in [0.4, 0.5) is 10.1 Å². The Morgan fingerprint density at radius 2 is 1.94 bits per heavy atom. The van der Waals surface area contributed by atoms with Gasteiger partial charge in [-0.05, 0) is 29.7 Å². The largest absolute Gasteiger partial charge is 0.479 e. The van der Waals surface area contributed by atoms with Gasteiger partial charge in [0.05, 0.1) is 25.1 Å². The number of halogens is 1. The van der Waals surface area contributed by atoms with E-state index in [1.165, 1.54) is 30.0 Å². The average molecular weight is 443 g/mol. The van der Waals surface area contributed by atoms with E-state index in [1.54, 1.807) is 30.1 Å². The van der Waals surface area contributed by atoms with Gasteiger partial charge >= 0.3 is 5.97 Å². The third-order valence-electron chi connectivity index (χ3n) is 5.43. The minimum absolute atomic E-state index is 0.0547. The van der Waals surface area contributed by atoms with E-state index in [2.05, 4.69) is 4.98 Å². The minimum atomic E-state index is -1.36. The molecule has 0 radical (unpaired) electrons. The van der Waals surface area contributed by atoms with Gasteiger partial charge in [-0.25, -0.2) is 9.18 Å². The number of aliphatic hydroxyl groups is 1. The summed E-state index contributed by atoms with van der Waals surface area (Å²) in [7, 11) is 3.21. The van der Waals surface area contributed by atoms with Crippen LogP contribution in [0.25, 0.3) is 11.0 Å². The molecule has 0 spiro atoms. The summed E-state index contributed by atoms with van der Waals surface area (Å²) in [5.41, 5.74) is 0.448. The third-order valence-corrected chi connectivity index (χ3v) is 5.43. The number of hydrogen-bond donors (Lipinski definition) is 2. The molecule has 2 N–H and O–H groups in total. The van der Waals surface area contributed by atoms with Crippen LogP contribution in [0.5, 0.6) is 5.88 Å². The summed E-state index contributed by atoms with van der Waals surface area (Å²) in [5.74, 6) is -1.52. The summed E-state index contributed by atoms with van der Waals surface area (Å²) in [6.07, 6.45) is 1.22. The maximum Gasteiger partial charge on any atom is 0.341 e. The van der Waals surface area contributed by atoms with Crippen LogP contribution in [0.2, 0.25) is 0 Å². The number of carboxylic acids is 1. The molecule has 0 aliphatic carbocycles. The molecule has 0 saturated heterocycles. The van der Waals surface area contributed by atoms with Crippen molar-refractivity contribution < 1.29 is 24.1 Å². The van der Waals surface area contributed by atoms with Crippen molar-refractivity contribution >= 4 is 22.7 Å². The van der Waals surface area contributed by atoms with E-state index >= 15 is 0 Å². The molecule has 3 rings (SSSR count). The number of methoxy groups -OCH3 is 1. The average Bonchev–Trinajstić information content (AvgIpc) is 2.76. The molecule has 0 amide bonds. The molecular weight excluding hydrogens is 417 g/mol. The molecule has 0 saturated carbocycles. The first-order chi connectivity index (χ1) is 15.2. The number of hydrogen-bond acceptors (Lipinski definition) is 6. The van der Waals surface area contributed by atoms with Crippen molar-refractivity contribution in [2.24, 2.45) is 5.92 Å². The molecule has 0 unspecified atom stereocenters. The number of carbonyl (C=O) groups is 1. The second-order valence-corrected chi connectivity index (χ2v) is 7.95. The number of fused-ring (bicyclic) bond motifs is 1. The Morgan fingerprint density at radius 1 is 1.28 bits per heavy atom. The van der Waals surface area contributed by atoms with Gasteiger partial charge in [-0.1, -0.05) is 26.0 Å². The molecular formula is C23H26FN3O5. The number of ether oxygens (including phenoxy) is 1. The van der Waals surface area contributed by atoms with Crippen LogP contribution in [0, 0.1) is 11.7 Å². The lowest BCUT2D eigenvalue weighted by atomic mass is 10.0. The zero-order valence-electron chi connectivity index (χ0n) is 18.4. The molecule has 8 nitrogen and oxygen atoms in total. The van der Waals surface area contributed by atoms with Crippen molar-refractivity contribution in [2.45, 2.75) is 26.4 Å². The second kappa shape index (κ2) is 9.35. The summed E-state index contributed by atoms with van der Waals surface area (Å²) in [6, 6.07) is 7.07. The molecule has 9 heteroatoms. The van der Waals surface area contributed by atoms with Crippen molar-refractivity contribution in [3.05, 3.63) is 63.7 Å². The highest BCUT2D eigenvalue weighted by Gasteiger charge is 2.24. The van der Waals surface area contributed by atoms with Gasteiger partial charge in [0.1, 0.15) is 22.7 Å². The molecule has 1 aromatic carbocycles. The maximum absolute atomic E-state index is 13.2. The molecule has 3 aromatic rings. The summed E-state index contributed by atoms with van der Waals surface area (Å²) in [6.45, 7) is 3.88. The number of carboxylic acid groups (broad SMARTS) is 1. The number of anilines is 1. The molecule has 0 aliphatic rings. The molecule has 0 aliphatic heterocycles. The minimum Gasteiger partial charge on any atom is -0.479 e. The Bertz CT molecular complexity index is 1190. The number of nitrogens with zero attached hydrogens (tertiary/aromatic N) is 3. The van der Waals surface area contributed by atoms with Gasteiger partial charge in [0.15, 0.2) is 0 Å². The molecule has 2 aromatic heterocycles. The van der Waals surface area contributed by atoms with E-state index in [-0.39, 0.29) is 35.3 Å². The Hall–Kier alpha value is -3.46. The number of aromatic carboxylic acids is 1. The number of rotatable bonds is 8. The van der Waals surface area contributed by atoms with Crippen molar-refractivity contribution in [2.75, 3.05) is 25.7 Å². The van der Waals surface area contributed by atoms with Crippen molar-refractivity contribution in [1.82, 2.24) is 9.55 Å². The first-order valence-corrected chi connectivity index (χ1v) is 10.1. The normalized spacial score (nSPS) is 12.2. The van der Waals surface area contributed by atoms with Crippen molar-refractivity contribution in [3.8, 4) is 5.88 Å². The first kappa shape index (κ1) is 23.2. The molecule has 32 heavy (non-hydrogen) atoms. The van der Waals surface area contributed by atoms with Crippen LogP contribution in [0.1, 0.15) is 35.8 Å². The van der Waals surface area contributed by atoms with Gasteiger partial charge < -0.3 is 24.4 Å². The Balaban J connectivity index is 2.23. The van der Waals surface area contributed by atoms with E-state index in [4.69, 9.17) is 4.74 Å². The fourth-order valence-electron chi connectivity index (χ4n) is 3.64. The van der Waals surface area contributed by atoms with Crippen molar-refractivity contribution in [1.29, 1.82) is 0 Å². The van der Waals surface area contributed by atoms with E-state index in [0.717, 1.165) is 5.56 Å². The highest BCUT2D eigenvalue weighted by Crippen LogP contribution is 2.31. The third kappa shape index (κ3) is 4.43. The van der Waals surface area contributed by atoms with Crippen LogP contribution in [0.3, 0.4) is 0 Å². The van der Waals surface area contributed by atoms with Gasteiger partial charge in [0, 0.05) is 19.8 Å². The number of benzene rings is 1. The fraction of sp³-hybridized carbons (Fsp3) is 0.348. The highest BCUT2D eigenvalue weighted by atomic mass is 19.1. The lowest BCUT2D eigenvalue weighted by Crippen LogP contribution is -2.26. The van der Waals surface area contributed by atoms with Crippen molar-refractivity contribution in [3.63, 3.8) is 0 Å². The topological polar surface area (TPSA) is 105 Å². The van der Waals surface area contributed by atoms with Gasteiger partial charge in [-0.3, -0.25) is 4.79 Å². The summed E-state index contributed by atoms with van der Waals surface area (Å²) in [5, 5.41) is 19.6. The Morgan fingerprint density at radius 3 is 2.47 bits per heavy atom. The number of pyridine rings is 2. The van der Waals surface area contributed by atoms with Crippen LogP contribution < -0.4 is 15.1 Å². The SMILES string of the molecule is COc1nc2c(cc1N(C)Cc1ccc(F)cc1)c(=O)c(C(=O)O)cn2[C@H](CO)C(C)C. The predicted molar refractivity (Wildman–Crippen MR) is 119 cm³/mol. The predicted octanol–water partition coefficient (Wildman–Crippen LogP) is 3.07. The Labute approximate surface area is 184 Å². The standard InChI is InChI=1S/C23H26FN3O5/c1-13(2)19(12-28)27-11-17(23(30)31)20(29)16-9-18(22(32-4)25-21(16)27)26(3)10-14-5-7-15(24)8-6-14/h5-9,11,13,19,28H,10,12H2,1-4H3,(H,30,31)/t19-/m1/s1. The van der Waals surface area contributed by atoms with Crippen LogP contribution in [0.15, 0.2) is 41.3 Å². The molecule has 0 fully saturated rings. The summed E-state index contributed by atoms with van der Waals surface area (Å²) < 4.78 is 20.2. The quantitative estimate of drug-likeness (QED) is 0.551. The molecule has 0 bridgehead atoms. The Kier molecular flexibility index (Phi) is 6.78. The molecule has 2 heterocycles. The summed E-state index contributed by atoms with van der Waals surface area (Å²) >= 11 is 0. The molecule has 170 valence electrons. The zero-order chi connectivity index (χ0) is 23.6. The van der Waals surface area contributed by atoms with E-state index in [1.807, 2.05) is 13.8 Å². The molecule has 1 atom stereocenters. The highest BCUT2D eigenvalue weighted by molar-refractivity contribution is 5.93. The maximum atomic E-state index is 13.2. The second-order valence-electron chi connectivity index (χ2n) is 7.95. The van der Waals surface area contributed by atoms with Gasteiger partial charge in [-0.15, -0.1) is 0 Å². The lowest BCUT2D eigenvalue weighted by molar-refractivity contribution is 0.0694. The van der Waals surface area contributed by atoms with E-state index in [9.17, 15) is 24.2 Å².